The third-order valence-corrected chi connectivity index (χ3v) is 2.40. The van der Waals surface area contributed by atoms with Crippen LogP contribution in [0.4, 0.5) is 8.78 Å². The second-order valence-electron chi connectivity index (χ2n) is 3.68. The van der Waals surface area contributed by atoms with E-state index in [1.165, 1.54) is 6.07 Å². The molecular formula is C12H9F2NO2. The Kier molecular flexibility index (Phi) is 2.67. The Morgan fingerprint density at radius 1 is 1.24 bits per heavy atom. The Labute approximate surface area is 95.7 Å². The highest BCUT2D eigenvalue weighted by molar-refractivity contribution is 5.94. The summed E-state index contributed by atoms with van der Waals surface area (Å²) in [7, 11) is 0. The van der Waals surface area contributed by atoms with Crippen LogP contribution >= 0.6 is 0 Å². The molecule has 3 nitrogen and oxygen atoms in total. The van der Waals surface area contributed by atoms with Crippen LogP contribution in [0.2, 0.25) is 0 Å². The van der Waals surface area contributed by atoms with Crippen molar-refractivity contribution in [3.63, 3.8) is 0 Å². The van der Waals surface area contributed by atoms with Crippen molar-refractivity contribution >= 4 is 5.97 Å². The number of halogens is 2. The molecule has 0 saturated heterocycles. The molecule has 2 aromatic rings. The van der Waals surface area contributed by atoms with Crippen molar-refractivity contribution in [3.05, 3.63) is 47.3 Å². The van der Waals surface area contributed by atoms with Crippen LogP contribution in [-0.2, 0) is 0 Å². The molecule has 1 aromatic heterocycles. The summed E-state index contributed by atoms with van der Waals surface area (Å²) in [5.41, 5.74) is 1.27. The average Bonchev–Trinajstić information content (AvgIpc) is 2.64. The molecule has 17 heavy (non-hydrogen) atoms. The van der Waals surface area contributed by atoms with E-state index in [1.807, 2.05) is 0 Å². The van der Waals surface area contributed by atoms with Crippen LogP contribution in [0.5, 0.6) is 0 Å². The number of aromatic nitrogens is 1. The van der Waals surface area contributed by atoms with Crippen LogP contribution in [0.15, 0.2) is 24.3 Å². The van der Waals surface area contributed by atoms with Crippen LogP contribution < -0.4 is 0 Å². The zero-order valence-electron chi connectivity index (χ0n) is 8.92. The minimum atomic E-state index is -1.14. The molecule has 2 rings (SSSR count). The molecule has 0 aliphatic heterocycles. The molecule has 0 atom stereocenters. The Morgan fingerprint density at radius 2 is 1.94 bits per heavy atom. The van der Waals surface area contributed by atoms with Crippen LogP contribution in [0.3, 0.4) is 0 Å². The number of carboxylic acids is 1. The monoisotopic (exact) mass is 237 g/mol. The van der Waals surface area contributed by atoms with Gasteiger partial charge in [0.05, 0.1) is 0 Å². The van der Waals surface area contributed by atoms with E-state index in [2.05, 4.69) is 4.98 Å². The van der Waals surface area contributed by atoms with Gasteiger partial charge in [-0.15, -0.1) is 0 Å². The maximum Gasteiger partial charge on any atom is 0.352 e. The normalized spacial score (nSPS) is 10.5. The standard InChI is InChI=1S/C12H9F2NO2/c1-6-4-8(11(15-6)12(16)17)7-2-3-9(13)10(14)5-7/h2-5,15H,1H3,(H,16,17). The van der Waals surface area contributed by atoms with E-state index in [0.717, 1.165) is 12.1 Å². The first kappa shape index (κ1) is 11.3. The van der Waals surface area contributed by atoms with E-state index in [1.54, 1.807) is 13.0 Å². The molecule has 0 fully saturated rings. The zero-order chi connectivity index (χ0) is 12.6. The molecule has 88 valence electrons. The molecule has 5 heteroatoms. The van der Waals surface area contributed by atoms with E-state index < -0.39 is 17.6 Å². The van der Waals surface area contributed by atoms with Crippen molar-refractivity contribution < 1.29 is 18.7 Å². The molecule has 0 unspecified atom stereocenters. The van der Waals surface area contributed by atoms with E-state index in [-0.39, 0.29) is 5.69 Å². The van der Waals surface area contributed by atoms with Crippen molar-refractivity contribution in [3.8, 4) is 11.1 Å². The molecule has 0 aliphatic rings. The first-order valence-corrected chi connectivity index (χ1v) is 4.87. The summed E-state index contributed by atoms with van der Waals surface area (Å²) in [6.07, 6.45) is 0. The zero-order valence-corrected chi connectivity index (χ0v) is 8.92. The van der Waals surface area contributed by atoms with Gasteiger partial charge in [0, 0.05) is 11.3 Å². The number of aryl methyl sites for hydroxylation is 1. The molecule has 0 spiro atoms. The van der Waals surface area contributed by atoms with Crippen LogP contribution in [0.1, 0.15) is 16.2 Å². The average molecular weight is 237 g/mol. The summed E-state index contributed by atoms with van der Waals surface area (Å²) in [5, 5.41) is 8.97. The summed E-state index contributed by atoms with van der Waals surface area (Å²) in [6.45, 7) is 1.69. The number of aromatic amines is 1. The molecular weight excluding hydrogens is 228 g/mol. The second kappa shape index (κ2) is 4.01. The lowest BCUT2D eigenvalue weighted by molar-refractivity contribution is 0.0692. The third kappa shape index (κ3) is 2.04. The second-order valence-corrected chi connectivity index (χ2v) is 3.68. The minimum Gasteiger partial charge on any atom is -0.477 e. The Morgan fingerprint density at radius 3 is 2.53 bits per heavy atom. The minimum absolute atomic E-state index is 0.0338. The van der Waals surface area contributed by atoms with Crippen LogP contribution in [-0.4, -0.2) is 16.1 Å². The fourth-order valence-electron chi connectivity index (χ4n) is 1.65. The number of benzene rings is 1. The molecule has 1 heterocycles. The largest absolute Gasteiger partial charge is 0.477 e. The van der Waals surface area contributed by atoms with Crippen molar-refractivity contribution in [2.24, 2.45) is 0 Å². The molecule has 2 N–H and O–H groups in total. The fourth-order valence-corrected chi connectivity index (χ4v) is 1.65. The highest BCUT2D eigenvalue weighted by Crippen LogP contribution is 2.26. The van der Waals surface area contributed by atoms with Gasteiger partial charge in [-0.25, -0.2) is 13.6 Å². The molecule has 0 aliphatic carbocycles. The van der Waals surface area contributed by atoms with Gasteiger partial charge >= 0.3 is 5.97 Å². The van der Waals surface area contributed by atoms with Crippen molar-refractivity contribution in [2.75, 3.05) is 0 Å². The number of carbonyl (C=O) groups is 1. The SMILES string of the molecule is Cc1cc(-c2ccc(F)c(F)c2)c(C(=O)O)[nH]1. The number of rotatable bonds is 2. The van der Waals surface area contributed by atoms with Crippen molar-refractivity contribution in [2.45, 2.75) is 6.92 Å². The van der Waals surface area contributed by atoms with Crippen molar-refractivity contribution in [1.29, 1.82) is 0 Å². The van der Waals surface area contributed by atoms with Crippen LogP contribution in [0.25, 0.3) is 11.1 Å². The summed E-state index contributed by atoms with van der Waals surface area (Å²) in [5.74, 6) is -3.10. The van der Waals surface area contributed by atoms with Gasteiger partial charge in [-0.3, -0.25) is 0 Å². The highest BCUT2D eigenvalue weighted by Gasteiger charge is 2.15. The summed E-state index contributed by atoms with van der Waals surface area (Å²) < 4.78 is 25.9. The van der Waals surface area contributed by atoms with Crippen molar-refractivity contribution in [1.82, 2.24) is 4.98 Å². The third-order valence-electron chi connectivity index (χ3n) is 2.40. The highest BCUT2D eigenvalue weighted by atomic mass is 19.2. The molecule has 1 aromatic carbocycles. The summed E-state index contributed by atoms with van der Waals surface area (Å²) in [4.78, 5) is 13.6. The quantitative estimate of drug-likeness (QED) is 0.843. The maximum absolute atomic E-state index is 13.1. The fraction of sp³-hybridized carbons (Fsp3) is 0.0833. The van der Waals surface area contributed by atoms with E-state index in [0.29, 0.717) is 16.8 Å². The van der Waals surface area contributed by atoms with Gasteiger partial charge in [-0.2, -0.15) is 0 Å². The predicted molar refractivity (Wildman–Crippen MR) is 57.8 cm³/mol. The first-order valence-electron chi connectivity index (χ1n) is 4.87. The number of nitrogens with one attached hydrogen (secondary N) is 1. The topological polar surface area (TPSA) is 53.1 Å². The van der Waals surface area contributed by atoms with E-state index >= 15 is 0 Å². The van der Waals surface area contributed by atoms with Gasteiger partial charge in [0.15, 0.2) is 11.6 Å². The van der Waals surface area contributed by atoms with Gasteiger partial charge < -0.3 is 10.1 Å². The maximum atomic E-state index is 13.1. The Hall–Kier alpha value is -2.17. The molecule has 0 amide bonds. The van der Waals surface area contributed by atoms with Gasteiger partial charge in [-0.1, -0.05) is 6.07 Å². The lowest BCUT2D eigenvalue weighted by Gasteiger charge is -2.01. The molecule has 0 saturated carbocycles. The first-order chi connectivity index (χ1) is 7.99. The van der Waals surface area contributed by atoms with E-state index in [4.69, 9.17) is 5.11 Å². The van der Waals surface area contributed by atoms with E-state index in [9.17, 15) is 13.6 Å². The smallest absolute Gasteiger partial charge is 0.352 e. The van der Waals surface area contributed by atoms with Crippen LogP contribution in [0, 0.1) is 18.6 Å². The number of hydrogen-bond donors (Lipinski definition) is 2. The Balaban J connectivity index is 2.59. The van der Waals surface area contributed by atoms with Gasteiger partial charge in [0.2, 0.25) is 0 Å². The molecule has 0 radical (unpaired) electrons. The Bertz CT molecular complexity index is 590. The summed E-state index contributed by atoms with van der Waals surface area (Å²) >= 11 is 0. The van der Waals surface area contributed by atoms with Gasteiger partial charge in [-0.05, 0) is 30.7 Å². The number of H-pyrrole nitrogens is 1. The van der Waals surface area contributed by atoms with Gasteiger partial charge in [0.1, 0.15) is 5.69 Å². The lowest BCUT2D eigenvalue weighted by atomic mass is 10.1. The number of carboxylic acid groups (broad SMARTS) is 1. The number of hydrogen-bond acceptors (Lipinski definition) is 1. The lowest BCUT2D eigenvalue weighted by Crippen LogP contribution is -1.99. The summed E-state index contributed by atoms with van der Waals surface area (Å²) in [6, 6.07) is 4.87. The predicted octanol–water partition coefficient (Wildman–Crippen LogP) is 2.97. The number of aromatic carboxylic acids is 1. The van der Waals surface area contributed by atoms with Gasteiger partial charge in [0.25, 0.3) is 0 Å². The molecule has 0 bridgehead atoms.